The number of amides is 1. The van der Waals surface area contributed by atoms with Crippen molar-refractivity contribution in [1.29, 1.82) is 0 Å². The summed E-state index contributed by atoms with van der Waals surface area (Å²) in [6.07, 6.45) is 4.11. The van der Waals surface area contributed by atoms with E-state index in [0.29, 0.717) is 19.6 Å². The topological polar surface area (TPSA) is 50.1 Å². The van der Waals surface area contributed by atoms with Crippen molar-refractivity contribution in [2.24, 2.45) is 0 Å². The Labute approximate surface area is 152 Å². The number of ether oxygens (including phenoxy) is 1. The molecule has 1 amide bonds. The van der Waals surface area contributed by atoms with Crippen molar-refractivity contribution in [2.75, 3.05) is 31.6 Å². The molecule has 1 aliphatic heterocycles. The molecule has 0 bridgehead atoms. The van der Waals surface area contributed by atoms with Crippen LogP contribution in [0.3, 0.4) is 0 Å². The zero-order valence-corrected chi connectivity index (χ0v) is 15.1. The van der Waals surface area contributed by atoms with Crippen LogP contribution >= 0.6 is 0 Å². The first-order valence-corrected chi connectivity index (χ1v) is 8.74. The number of hydrogen-bond donors (Lipinski definition) is 0. The smallest absolute Gasteiger partial charge is 0.241 e. The average Bonchev–Trinajstić information content (AvgIpc) is 3.03. The number of aromatic nitrogens is 2. The molecular formula is C20H22N4O2. The number of piperazine rings is 1. The largest absolute Gasteiger partial charge is 0.495 e. The van der Waals surface area contributed by atoms with E-state index in [1.807, 2.05) is 45.8 Å². The standard InChI is InChI=1S/C20H22N4O2/c1-15-7-8-19-21-16(13-23(19)11-15)12-22-9-10-24(20(25)14-22)17-5-3-4-6-18(17)26-2/h3-8,11,13H,9-10,12,14H2,1-2H3. The van der Waals surface area contributed by atoms with E-state index in [1.54, 1.807) is 7.11 Å². The number of carbonyl (C=O) groups is 1. The van der Waals surface area contributed by atoms with Crippen LogP contribution < -0.4 is 9.64 Å². The minimum absolute atomic E-state index is 0.0837. The number of rotatable bonds is 4. The first-order valence-electron chi connectivity index (χ1n) is 8.74. The number of methoxy groups -OCH3 is 1. The van der Waals surface area contributed by atoms with E-state index in [1.165, 1.54) is 5.56 Å². The van der Waals surface area contributed by atoms with Gasteiger partial charge in [-0.1, -0.05) is 18.2 Å². The lowest BCUT2D eigenvalue weighted by atomic mass is 10.2. The van der Waals surface area contributed by atoms with Crippen LogP contribution in [0.2, 0.25) is 0 Å². The molecule has 3 heterocycles. The molecule has 0 radical (unpaired) electrons. The molecule has 1 aliphatic rings. The van der Waals surface area contributed by atoms with Crippen LogP contribution in [0, 0.1) is 6.92 Å². The summed E-state index contributed by atoms with van der Waals surface area (Å²) in [6.45, 7) is 4.56. The van der Waals surface area contributed by atoms with E-state index < -0.39 is 0 Å². The molecule has 0 N–H and O–H groups in total. The number of hydrogen-bond acceptors (Lipinski definition) is 4. The maximum Gasteiger partial charge on any atom is 0.241 e. The van der Waals surface area contributed by atoms with Gasteiger partial charge in [-0.05, 0) is 30.7 Å². The van der Waals surface area contributed by atoms with Gasteiger partial charge >= 0.3 is 0 Å². The van der Waals surface area contributed by atoms with Gasteiger partial charge in [-0.25, -0.2) is 4.98 Å². The molecule has 1 fully saturated rings. The van der Waals surface area contributed by atoms with Crippen molar-refractivity contribution in [2.45, 2.75) is 13.5 Å². The number of anilines is 1. The van der Waals surface area contributed by atoms with Crippen molar-refractivity contribution < 1.29 is 9.53 Å². The number of para-hydroxylation sites is 2. The third kappa shape index (κ3) is 3.15. The molecule has 26 heavy (non-hydrogen) atoms. The summed E-state index contributed by atoms with van der Waals surface area (Å²) in [5, 5.41) is 0. The van der Waals surface area contributed by atoms with Crippen LogP contribution in [0.4, 0.5) is 5.69 Å². The molecule has 4 rings (SSSR count). The Kier molecular flexibility index (Phi) is 4.34. The molecule has 6 heteroatoms. The number of imidazole rings is 1. The Morgan fingerprint density at radius 3 is 2.77 bits per heavy atom. The summed E-state index contributed by atoms with van der Waals surface area (Å²) in [7, 11) is 1.63. The first kappa shape index (κ1) is 16.6. The van der Waals surface area contributed by atoms with Gasteiger partial charge in [-0.3, -0.25) is 9.69 Å². The van der Waals surface area contributed by atoms with Gasteiger partial charge < -0.3 is 14.0 Å². The van der Waals surface area contributed by atoms with E-state index in [2.05, 4.69) is 29.1 Å². The molecular weight excluding hydrogens is 328 g/mol. The number of aryl methyl sites for hydroxylation is 1. The molecule has 134 valence electrons. The lowest BCUT2D eigenvalue weighted by molar-refractivity contribution is -0.121. The predicted octanol–water partition coefficient (Wildman–Crippen LogP) is 2.50. The van der Waals surface area contributed by atoms with Crippen molar-refractivity contribution in [3.8, 4) is 5.75 Å². The van der Waals surface area contributed by atoms with Gasteiger partial charge in [0.15, 0.2) is 0 Å². The molecule has 1 aromatic carbocycles. The quantitative estimate of drug-likeness (QED) is 0.725. The lowest BCUT2D eigenvalue weighted by Crippen LogP contribution is -2.50. The Morgan fingerprint density at radius 2 is 1.96 bits per heavy atom. The second-order valence-electron chi connectivity index (χ2n) is 6.63. The predicted molar refractivity (Wildman–Crippen MR) is 101 cm³/mol. The van der Waals surface area contributed by atoms with Crippen LogP contribution in [0.5, 0.6) is 5.75 Å². The van der Waals surface area contributed by atoms with Crippen LogP contribution in [0.1, 0.15) is 11.3 Å². The lowest BCUT2D eigenvalue weighted by Gasteiger charge is -2.34. The number of carbonyl (C=O) groups excluding carboxylic acids is 1. The van der Waals surface area contributed by atoms with Gasteiger partial charge in [0.05, 0.1) is 25.0 Å². The maximum absolute atomic E-state index is 12.7. The molecule has 1 saturated heterocycles. The average molecular weight is 350 g/mol. The van der Waals surface area contributed by atoms with E-state index in [4.69, 9.17) is 4.74 Å². The van der Waals surface area contributed by atoms with Crippen molar-refractivity contribution in [1.82, 2.24) is 14.3 Å². The fourth-order valence-corrected chi connectivity index (χ4v) is 3.43. The van der Waals surface area contributed by atoms with Crippen molar-refractivity contribution in [3.05, 3.63) is 60.0 Å². The summed E-state index contributed by atoms with van der Waals surface area (Å²) in [5.41, 5.74) is 3.95. The van der Waals surface area contributed by atoms with Crippen LogP contribution in [-0.4, -0.2) is 46.9 Å². The number of fused-ring (bicyclic) bond motifs is 1. The molecule has 0 saturated carbocycles. The molecule has 6 nitrogen and oxygen atoms in total. The summed E-state index contributed by atoms with van der Waals surface area (Å²) < 4.78 is 7.43. The van der Waals surface area contributed by atoms with Crippen molar-refractivity contribution in [3.63, 3.8) is 0 Å². The second kappa shape index (κ2) is 6.80. The highest BCUT2D eigenvalue weighted by Crippen LogP contribution is 2.29. The zero-order chi connectivity index (χ0) is 18.1. The molecule has 0 spiro atoms. The zero-order valence-electron chi connectivity index (χ0n) is 15.1. The van der Waals surface area contributed by atoms with Gasteiger partial charge in [-0.2, -0.15) is 0 Å². The van der Waals surface area contributed by atoms with E-state index >= 15 is 0 Å². The third-order valence-corrected chi connectivity index (χ3v) is 4.71. The number of nitrogens with zero attached hydrogens (tertiary/aromatic N) is 4. The van der Waals surface area contributed by atoms with Gasteiger partial charge in [0.1, 0.15) is 11.4 Å². The first-order chi connectivity index (χ1) is 12.6. The van der Waals surface area contributed by atoms with Crippen LogP contribution in [-0.2, 0) is 11.3 Å². The highest BCUT2D eigenvalue weighted by Gasteiger charge is 2.27. The Hall–Kier alpha value is -2.86. The fourth-order valence-electron chi connectivity index (χ4n) is 3.43. The minimum atomic E-state index is 0.0837. The Bertz CT molecular complexity index is 950. The fraction of sp³-hybridized carbons (Fsp3) is 0.300. The minimum Gasteiger partial charge on any atom is -0.495 e. The third-order valence-electron chi connectivity index (χ3n) is 4.71. The van der Waals surface area contributed by atoms with Crippen LogP contribution in [0.15, 0.2) is 48.8 Å². The molecule has 0 aliphatic carbocycles. The van der Waals surface area contributed by atoms with Crippen molar-refractivity contribution >= 4 is 17.2 Å². The summed E-state index contributed by atoms with van der Waals surface area (Å²) in [5.74, 6) is 0.811. The molecule has 3 aromatic rings. The van der Waals surface area contributed by atoms with Gasteiger partial charge in [-0.15, -0.1) is 0 Å². The highest BCUT2D eigenvalue weighted by atomic mass is 16.5. The summed E-state index contributed by atoms with van der Waals surface area (Å²) in [4.78, 5) is 21.3. The maximum atomic E-state index is 12.7. The molecule has 2 aromatic heterocycles. The Balaban J connectivity index is 1.47. The SMILES string of the molecule is COc1ccccc1N1CCN(Cc2cn3cc(C)ccc3n2)CC1=O. The van der Waals surface area contributed by atoms with Gasteiger partial charge in [0, 0.05) is 32.0 Å². The normalized spacial score (nSPS) is 15.6. The second-order valence-corrected chi connectivity index (χ2v) is 6.63. The molecule has 0 atom stereocenters. The van der Waals surface area contributed by atoms with Crippen LogP contribution in [0.25, 0.3) is 5.65 Å². The monoisotopic (exact) mass is 350 g/mol. The number of pyridine rings is 1. The van der Waals surface area contributed by atoms with E-state index in [0.717, 1.165) is 29.3 Å². The molecule has 0 unspecified atom stereocenters. The van der Waals surface area contributed by atoms with E-state index in [9.17, 15) is 4.79 Å². The highest BCUT2D eigenvalue weighted by molar-refractivity contribution is 5.96. The summed E-state index contributed by atoms with van der Waals surface area (Å²) >= 11 is 0. The summed E-state index contributed by atoms with van der Waals surface area (Å²) in [6, 6.07) is 11.7. The Morgan fingerprint density at radius 1 is 1.12 bits per heavy atom. The van der Waals surface area contributed by atoms with Gasteiger partial charge in [0.2, 0.25) is 5.91 Å². The van der Waals surface area contributed by atoms with E-state index in [-0.39, 0.29) is 5.91 Å². The van der Waals surface area contributed by atoms with Gasteiger partial charge in [0.25, 0.3) is 0 Å². The number of benzene rings is 1.